The largest absolute Gasteiger partial charge is 0.349 e. The number of hydrogen-bond donors (Lipinski definition) is 1. The molecule has 0 bridgehead atoms. The second-order valence-corrected chi connectivity index (χ2v) is 6.26. The number of nitrogens with one attached hydrogen (secondary N) is 1. The van der Waals surface area contributed by atoms with E-state index >= 15 is 0 Å². The van der Waals surface area contributed by atoms with Crippen LogP contribution in [-0.4, -0.2) is 5.91 Å². The molecule has 1 atom stereocenters. The molecule has 0 aliphatic heterocycles. The molecule has 0 spiro atoms. The summed E-state index contributed by atoms with van der Waals surface area (Å²) in [5.74, 6) is 0.174. The minimum absolute atomic E-state index is 0.0369. The van der Waals surface area contributed by atoms with E-state index in [4.69, 9.17) is 0 Å². The molecule has 1 aliphatic rings. The number of rotatable bonds is 4. The zero-order valence-electron chi connectivity index (χ0n) is 13.1. The third kappa shape index (κ3) is 2.78. The summed E-state index contributed by atoms with van der Waals surface area (Å²) in [4.78, 5) is 13.0. The molecule has 0 aromatic heterocycles. The van der Waals surface area contributed by atoms with Gasteiger partial charge in [-0.05, 0) is 30.9 Å². The summed E-state index contributed by atoms with van der Waals surface area (Å²) >= 11 is 0. The normalized spacial score (nSPS) is 17.9. The molecule has 0 unspecified atom stereocenters. The minimum atomic E-state index is -0.343. The standard InChI is InChI=1S/C20H23NO/c1-16(17-10-4-2-5-11-17)21-19(22)20(14-8-9-15-20)18-12-6-3-7-13-18/h2-7,10-13,16H,8-9,14-15H2,1H3,(H,21,22)/t16-/m1/s1. The van der Waals surface area contributed by atoms with E-state index in [0.717, 1.165) is 36.8 Å². The molecule has 2 aromatic rings. The highest BCUT2D eigenvalue weighted by atomic mass is 16.2. The summed E-state index contributed by atoms with van der Waals surface area (Å²) in [6, 6.07) is 20.5. The average Bonchev–Trinajstić information content (AvgIpc) is 3.07. The van der Waals surface area contributed by atoms with Crippen LogP contribution in [0.1, 0.15) is 49.8 Å². The molecule has 3 rings (SSSR count). The maximum absolute atomic E-state index is 13.0. The van der Waals surface area contributed by atoms with Gasteiger partial charge in [0.1, 0.15) is 0 Å². The van der Waals surface area contributed by atoms with Crippen molar-refractivity contribution in [1.29, 1.82) is 0 Å². The van der Waals surface area contributed by atoms with Gasteiger partial charge in [-0.15, -0.1) is 0 Å². The fraction of sp³-hybridized carbons (Fsp3) is 0.350. The van der Waals surface area contributed by atoms with Gasteiger partial charge >= 0.3 is 0 Å². The quantitative estimate of drug-likeness (QED) is 0.890. The molecule has 22 heavy (non-hydrogen) atoms. The van der Waals surface area contributed by atoms with Crippen LogP contribution in [0, 0.1) is 0 Å². The number of amides is 1. The zero-order chi connectivity index (χ0) is 15.4. The van der Waals surface area contributed by atoms with Crippen molar-refractivity contribution >= 4 is 5.91 Å². The van der Waals surface area contributed by atoms with Gasteiger partial charge in [0.2, 0.25) is 5.91 Å². The van der Waals surface area contributed by atoms with Crippen molar-refractivity contribution in [2.45, 2.75) is 44.1 Å². The monoisotopic (exact) mass is 293 g/mol. The lowest BCUT2D eigenvalue weighted by atomic mass is 9.77. The number of carbonyl (C=O) groups excluding carboxylic acids is 1. The molecule has 1 N–H and O–H groups in total. The molecule has 2 aromatic carbocycles. The fourth-order valence-electron chi connectivity index (χ4n) is 3.54. The van der Waals surface area contributed by atoms with E-state index in [0.29, 0.717) is 0 Å². The Hall–Kier alpha value is -2.09. The SMILES string of the molecule is C[C@@H](NC(=O)C1(c2ccccc2)CCCC1)c1ccccc1. The first-order valence-electron chi connectivity index (χ1n) is 8.14. The molecule has 1 aliphatic carbocycles. The summed E-state index contributed by atoms with van der Waals surface area (Å²) in [6.07, 6.45) is 4.15. The van der Waals surface area contributed by atoms with E-state index in [1.807, 2.05) is 36.4 Å². The van der Waals surface area contributed by atoms with Gasteiger partial charge < -0.3 is 5.32 Å². The van der Waals surface area contributed by atoms with Gasteiger partial charge in [0.25, 0.3) is 0 Å². The Balaban J connectivity index is 1.82. The van der Waals surface area contributed by atoms with E-state index in [1.165, 1.54) is 0 Å². The van der Waals surface area contributed by atoms with Crippen molar-refractivity contribution in [3.8, 4) is 0 Å². The predicted molar refractivity (Wildman–Crippen MR) is 89.6 cm³/mol. The maximum Gasteiger partial charge on any atom is 0.231 e. The molecule has 0 radical (unpaired) electrons. The van der Waals surface area contributed by atoms with E-state index in [1.54, 1.807) is 0 Å². The van der Waals surface area contributed by atoms with Crippen molar-refractivity contribution in [2.24, 2.45) is 0 Å². The van der Waals surface area contributed by atoms with Crippen LogP contribution in [0.25, 0.3) is 0 Å². The van der Waals surface area contributed by atoms with Gasteiger partial charge in [-0.25, -0.2) is 0 Å². The van der Waals surface area contributed by atoms with Crippen LogP contribution < -0.4 is 5.32 Å². The Morgan fingerprint density at radius 2 is 1.50 bits per heavy atom. The van der Waals surface area contributed by atoms with Crippen molar-refractivity contribution in [2.75, 3.05) is 0 Å². The topological polar surface area (TPSA) is 29.1 Å². The minimum Gasteiger partial charge on any atom is -0.349 e. The first kappa shape index (κ1) is 14.8. The second-order valence-electron chi connectivity index (χ2n) is 6.26. The molecule has 2 nitrogen and oxygen atoms in total. The summed E-state index contributed by atoms with van der Waals surface area (Å²) in [5, 5.41) is 3.24. The van der Waals surface area contributed by atoms with Crippen molar-refractivity contribution in [3.05, 3.63) is 71.8 Å². The van der Waals surface area contributed by atoms with Crippen molar-refractivity contribution < 1.29 is 4.79 Å². The zero-order valence-corrected chi connectivity index (χ0v) is 13.1. The molecule has 1 saturated carbocycles. The fourth-order valence-corrected chi connectivity index (χ4v) is 3.54. The Kier molecular flexibility index (Phi) is 4.28. The number of carbonyl (C=O) groups is 1. The Morgan fingerprint density at radius 3 is 2.09 bits per heavy atom. The average molecular weight is 293 g/mol. The van der Waals surface area contributed by atoms with Gasteiger partial charge in [0, 0.05) is 0 Å². The van der Waals surface area contributed by atoms with Crippen LogP contribution in [0.15, 0.2) is 60.7 Å². The summed E-state index contributed by atoms with van der Waals surface area (Å²) in [6.45, 7) is 2.06. The lowest BCUT2D eigenvalue weighted by molar-refractivity contribution is -0.127. The highest BCUT2D eigenvalue weighted by molar-refractivity contribution is 5.88. The van der Waals surface area contributed by atoms with Crippen molar-refractivity contribution in [1.82, 2.24) is 5.32 Å². The molecule has 1 fully saturated rings. The molecule has 2 heteroatoms. The van der Waals surface area contributed by atoms with Gasteiger partial charge in [-0.2, -0.15) is 0 Å². The molecule has 1 amide bonds. The summed E-state index contributed by atoms with van der Waals surface area (Å²) in [5.41, 5.74) is 1.96. The van der Waals surface area contributed by atoms with Crippen LogP contribution in [0.3, 0.4) is 0 Å². The van der Waals surface area contributed by atoms with Crippen LogP contribution in [-0.2, 0) is 10.2 Å². The third-order valence-corrected chi connectivity index (χ3v) is 4.87. The van der Waals surface area contributed by atoms with Crippen LogP contribution >= 0.6 is 0 Å². The van der Waals surface area contributed by atoms with E-state index < -0.39 is 0 Å². The smallest absolute Gasteiger partial charge is 0.231 e. The lowest BCUT2D eigenvalue weighted by Gasteiger charge is -2.30. The van der Waals surface area contributed by atoms with Gasteiger partial charge in [-0.1, -0.05) is 73.5 Å². The van der Waals surface area contributed by atoms with Gasteiger partial charge in [-0.3, -0.25) is 4.79 Å². The highest BCUT2D eigenvalue weighted by Gasteiger charge is 2.42. The number of benzene rings is 2. The maximum atomic E-state index is 13.0. The molecule has 0 heterocycles. The first-order chi connectivity index (χ1) is 10.7. The summed E-state index contributed by atoms with van der Waals surface area (Å²) < 4.78 is 0. The Labute approximate surface area is 132 Å². The molecule has 0 saturated heterocycles. The summed E-state index contributed by atoms with van der Waals surface area (Å²) in [7, 11) is 0. The Morgan fingerprint density at radius 1 is 0.955 bits per heavy atom. The van der Waals surface area contributed by atoms with E-state index in [2.05, 4.69) is 36.5 Å². The van der Waals surface area contributed by atoms with Gasteiger partial charge in [0.05, 0.1) is 11.5 Å². The highest BCUT2D eigenvalue weighted by Crippen LogP contribution is 2.41. The second kappa shape index (κ2) is 6.35. The van der Waals surface area contributed by atoms with Crippen LogP contribution in [0.4, 0.5) is 0 Å². The van der Waals surface area contributed by atoms with E-state index in [9.17, 15) is 4.79 Å². The van der Waals surface area contributed by atoms with E-state index in [-0.39, 0.29) is 17.4 Å². The van der Waals surface area contributed by atoms with Crippen LogP contribution in [0.5, 0.6) is 0 Å². The molecular weight excluding hydrogens is 270 g/mol. The Bertz CT molecular complexity index is 615. The van der Waals surface area contributed by atoms with Crippen LogP contribution in [0.2, 0.25) is 0 Å². The van der Waals surface area contributed by atoms with Crippen molar-refractivity contribution in [3.63, 3.8) is 0 Å². The number of hydrogen-bond acceptors (Lipinski definition) is 1. The lowest BCUT2D eigenvalue weighted by Crippen LogP contribution is -2.43. The molecular formula is C20H23NO. The molecule has 114 valence electrons. The van der Waals surface area contributed by atoms with Gasteiger partial charge in [0.15, 0.2) is 0 Å². The third-order valence-electron chi connectivity index (χ3n) is 4.87. The first-order valence-corrected chi connectivity index (χ1v) is 8.14. The predicted octanol–water partition coefficient (Wildman–Crippen LogP) is 4.38.